The van der Waals surface area contributed by atoms with Crippen LogP contribution >= 0.6 is 0 Å². The molecular weight excluding hydrogens is 248 g/mol. The average molecular weight is 281 g/mol. The second-order valence-corrected chi connectivity index (χ2v) is 13.4. The van der Waals surface area contributed by atoms with E-state index in [2.05, 4.69) is 38.7 Å². The van der Waals surface area contributed by atoms with E-state index < -0.39 is 8.07 Å². The fourth-order valence-corrected chi connectivity index (χ4v) is 4.24. The number of hydrogen-bond acceptors (Lipinski definition) is 1. The van der Waals surface area contributed by atoms with E-state index in [1.165, 1.54) is 44.6 Å². The summed E-state index contributed by atoms with van der Waals surface area (Å²) in [6.45, 7) is 10.7. The zero-order valence-corrected chi connectivity index (χ0v) is 14.4. The van der Waals surface area contributed by atoms with E-state index >= 15 is 0 Å². The van der Waals surface area contributed by atoms with Crippen molar-refractivity contribution in [3.63, 3.8) is 0 Å². The van der Waals surface area contributed by atoms with Crippen LogP contribution in [-0.2, 0) is 4.74 Å². The fraction of sp³-hybridized carbons (Fsp3) is 0.882. The third kappa shape index (κ3) is 3.95. The molecule has 1 saturated carbocycles. The molecule has 2 fully saturated rings. The third-order valence-corrected chi connectivity index (χ3v) is 6.24. The van der Waals surface area contributed by atoms with Gasteiger partial charge in [0, 0.05) is 13.5 Å². The smallest absolute Gasteiger partial charge is 0.0669 e. The molecule has 0 bridgehead atoms. The molecular formula is C17H32OSi. The van der Waals surface area contributed by atoms with Gasteiger partial charge in [0.1, 0.15) is 0 Å². The van der Waals surface area contributed by atoms with Crippen molar-refractivity contribution in [1.29, 1.82) is 0 Å². The molecule has 0 unspecified atom stereocenters. The molecule has 1 nitrogen and oxygen atoms in total. The molecule has 2 aliphatic rings. The van der Waals surface area contributed by atoms with Gasteiger partial charge in [0.15, 0.2) is 0 Å². The summed E-state index contributed by atoms with van der Waals surface area (Å²) in [5.74, 6) is 0.849. The lowest BCUT2D eigenvalue weighted by atomic mass is 9.93. The monoisotopic (exact) mass is 280 g/mol. The second kappa shape index (κ2) is 6.13. The van der Waals surface area contributed by atoms with E-state index in [1.807, 2.05) is 0 Å². The van der Waals surface area contributed by atoms with Crippen LogP contribution in [0, 0.1) is 11.3 Å². The molecule has 2 heteroatoms. The Morgan fingerprint density at radius 3 is 2.63 bits per heavy atom. The van der Waals surface area contributed by atoms with Gasteiger partial charge >= 0.3 is 0 Å². The zero-order chi connectivity index (χ0) is 13.9. The van der Waals surface area contributed by atoms with Gasteiger partial charge in [-0.1, -0.05) is 64.4 Å². The largest absolute Gasteiger partial charge is 0.377 e. The second-order valence-electron chi connectivity index (χ2n) is 7.85. The molecule has 19 heavy (non-hydrogen) atoms. The molecule has 3 atom stereocenters. The van der Waals surface area contributed by atoms with Crippen LogP contribution in [-0.4, -0.2) is 20.8 Å². The Kier molecular flexibility index (Phi) is 4.94. The lowest BCUT2D eigenvalue weighted by Crippen LogP contribution is -2.21. The van der Waals surface area contributed by atoms with Gasteiger partial charge < -0.3 is 4.74 Å². The van der Waals surface area contributed by atoms with Gasteiger partial charge in [0.2, 0.25) is 0 Å². The first kappa shape index (κ1) is 15.3. The quantitative estimate of drug-likeness (QED) is 0.335. The number of unbranched alkanes of at least 4 members (excludes halogenated alkanes) is 3. The number of ether oxygens (including phenoxy) is 1. The Morgan fingerprint density at radius 1 is 1.21 bits per heavy atom. The summed E-state index contributed by atoms with van der Waals surface area (Å²) in [6.07, 6.45) is 13.7. The Hall–Kier alpha value is -0.0831. The molecule has 0 spiro atoms. The van der Waals surface area contributed by atoms with E-state index in [0.717, 1.165) is 12.5 Å². The highest BCUT2D eigenvalue weighted by Gasteiger charge is 2.61. The molecule has 0 N–H and O–H groups in total. The molecule has 0 amide bonds. The molecule has 0 aromatic rings. The molecule has 1 aliphatic carbocycles. The topological polar surface area (TPSA) is 9.23 Å². The summed E-state index contributed by atoms with van der Waals surface area (Å²) < 4.78 is 6.04. The molecule has 1 saturated heterocycles. The zero-order valence-electron chi connectivity index (χ0n) is 13.4. The highest BCUT2D eigenvalue weighted by Crippen LogP contribution is 2.62. The Balaban J connectivity index is 1.81. The molecule has 0 radical (unpaired) electrons. The lowest BCUT2D eigenvalue weighted by Gasteiger charge is -2.20. The number of fused-ring (bicyclic) bond motifs is 1. The summed E-state index contributed by atoms with van der Waals surface area (Å²) in [5.41, 5.74) is 0.464. The summed E-state index contributed by atoms with van der Waals surface area (Å²) in [4.78, 5) is 0. The Morgan fingerprint density at radius 2 is 2.00 bits per heavy atom. The SMILES string of the molecule is CCCCCC[C@H]1OC[C@@H]2C[C@@]21/C=C/C[Si](C)(C)C. The highest BCUT2D eigenvalue weighted by molar-refractivity contribution is 6.76. The third-order valence-electron chi connectivity index (χ3n) is 4.78. The van der Waals surface area contributed by atoms with Gasteiger partial charge in [-0.3, -0.25) is 0 Å². The van der Waals surface area contributed by atoms with Crippen molar-refractivity contribution in [2.75, 3.05) is 6.61 Å². The van der Waals surface area contributed by atoms with Gasteiger partial charge in [-0.2, -0.15) is 0 Å². The van der Waals surface area contributed by atoms with Crippen molar-refractivity contribution >= 4 is 8.07 Å². The van der Waals surface area contributed by atoms with Crippen molar-refractivity contribution in [3.05, 3.63) is 12.2 Å². The van der Waals surface area contributed by atoms with Crippen LogP contribution in [0.3, 0.4) is 0 Å². The Bertz CT molecular complexity index is 318. The minimum atomic E-state index is -0.929. The molecule has 1 aliphatic heterocycles. The van der Waals surface area contributed by atoms with Crippen LogP contribution in [0.5, 0.6) is 0 Å². The molecule has 110 valence electrons. The fourth-order valence-electron chi connectivity index (χ4n) is 3.42. The van der Waals surface area contributed by atoms with E-state index in [1.54, 1.807) is 0 Å². The summed E-state index contributed by atoms with van der Waals surface area (Å²) in [6, 6.07) is 1.32. The maximum Gasteiger partial charge on any atom is 0.0669 e. The normalized spacial score (nSPS) is 33.9. The van der Waals surface area contributed by atoms with Crippen LogP contribution < -0.4 is 0 Å². The predicted octanol–water partition coefficient (Wildman–Crippen LogP) is 5.26. The van der Waals surface area contributed by atoms with E-state index in [4.69, 9.17) is 4.74 Å². The van der Waals surface area contributed by atoms with Crippen LogP contribution in [0.15, 0.2) is 12.2 Å². The van der Waals surface area contributed by atoms with E-state index in [-0.39, 0.29) is 0 Å². The van der Waals surface area contributed by atoms with Crippen molar-refractivity contribution in [1.82, 2.24) is 0 Å². The van der Waals surface area contributed by atoms with Crippen molar-refractivity contribution in [2.45, 2.75) is 77.2 Å². The van der Waals surface area contributed by atoms with Gasteiger partial charge in [-0.05, 0) is 24.8 Å². The maximum atomic E-state index is 6.04. The molecule has 0 aromatic heterocycles. The van der Waals surface area contributed by atoms with Crippen LogP contribution in [0.4, 0.5) is 0 Å². The van der Waals surface area contributed by atoms with Gasteiger partial charge in [0.05, 0.1) is 12.7 Å². The minimum absolute atomic E-state index is 0.464. The highest BCUT2D eigenvalue weighted by atomic mass is 28.3. The van der Waals surface area contributed by atoms with Crippen LogP contribution in [0.1, 0.15) is 45.4 Å². The maximum absolute atomic E-state index is 6.04. The number of rotatable bonds is 8. The van der Waals surface area contributed by atoms with Crippen LogP contribution in [0.25, 0.3) is 0 Å². The molecule has 2 rings (SSSR count). The van der Waals surface area contributed by atoms with Crippen LogP contribution in [0.2, 0.25) is 25.7 Å². The summed E-state index contributed by atoms with van der Waals surface area (Å²) >= 11 is 0. The van der Waals surface area contributed by atoms with E-state index in [9.17, 15) is 0 Å². The summed E-state index contributed by atoms with van der Waals surface area (Å²) in [7, 11) is -0.929. The first-order chi connectivity index (χ1) is 8.98. The van der Waals surface area contributed by atoms with Crippen molar-refractivity contribution in [3.8, 4) is 0 Å². The summed E-state index contributed by atoms with van der Waals surface area (Å²) in [5, 5.41) is 0. The van der Waals surface area contributed by atoms with Gasteiger partial charge in [-0.15, -0.1) is 0 Å². The molecule has 1 heterocycles. The Labute approximate surface area is 120 Å². The minimum Gasteiger partial charge on any atom is -0.377 e. The number of hydrogen-bond donors (Lipinski definition) is 0. The van der Waals surface area contributed by atoms with E-state index in [0.29, 0.717) is 11.5 Å². The first-order valence-electron chi connectivity index (χ1n) is 8.27. The standard InChI is InChI=1S/C17H32OSi/c1-5-6-7-8-10-16-17(13-15(17)14-18-16)11-9-12-19(2,3)4/h9,11,15-16H,5-8,10,12-14H2,1-4H3/b11-9+/t15-,16+,17-/m0/s1. The predicted molar refractivity (Wildman–Crippen MR) is 86.3 cm³/mol. The van der Waals surface area contributed by atoms with Gasteiger partial charge in [0.25, 0.3) is 0 Å². The van der Waals surface area contributed by atoms with Gasteiger partial charge in [-0.25, -0.2) is 0 Å². The lowest BCUT2D eigenvalue weighted by molar-refractivity contribution is 0.0568. The van der Waals surface area contributed by atoms with Crippen molar-refractivity contribution in [2.24, 2.45) is 11.3 Å². The molecule has 0 aromatic carbocycles. The first-order valence-corrected chi connectivity index (χ1v) is 12.0. The van der Waals surface area contributed by atoms with Crippen molar-refractivity contribution < 1.29 is 4.74 Å². The number of allylic oxidation sites excluding steroid dienone is 1. The average Bonchev–Trinajstić information content (AvgIpc) is 2.92.